The van der Waals surface area contributed by atoms with Crippen LogP contribution in [0.4, 0.5) is 19.0 Å². The van der Waals surface area contributed by atoms with E-state index >= 15 is 0 Å². The molecule has 11 heteroatoms. The van der Waals surface area contributed by atoms with Crippen molar-refractivity contribution in [2.45, 2.75) is 56.0 Å². The summed E-state index contributed by atoms with van der Waals surface area (Å²) < 4.78 is 38.6. The number of amides is 2. The van der Waals surface area contributed by atoms with Crippen molar-refractivity contribution in [1.82, 2.24) is 20.5 Å². The van der Waals surface area contributed by atoms with Gasteiger partial charge in [0.25, 0.3) is 5.91 Å². The minimum atomic E-state index is -4.55. The number of benzene rings is 1. The number of aliphatic hydroxyl groups is 1. The van der Waals surface area contributed by atoms with E-state index in [1.54, 1.807) is 6.20 Å². The molecule has 2 aromatic rings. The highest BCUT2D eigenvalue weighted by molar-refractivity contribution is 5.96. The molecule has 8 nitrogen and oxygen atoms in total. The number of hydrogen-bond donors (Lipinski definition) is 3. The third kappa shape index (κ3) is 6.63. The molecule has 206 valence electrons. The number of aromatic nitrogens is 1. The Labute approximate surface area is 220 Å². The fraction of sp³-hybridized carbons (Fsp3) is 0.519. The van der Waals surface area contributed by atoms with Crippen LogP contribution in [0.5, 0.6) is 0 Å². The lowest BCUT2D eigenvalue weighted by atomic mass is 9.78. The van der Waals surface area contributed by atoms with Crippen molar-refractivity contribution in [3.63, 3.8) is 0 Å². The largest absolute Gasteiger partial charge is 0.416 e. The van der Waals surface area contributed by atoms with Crippen molar-refractivity contribution >= 4 is 17.6 Å². The van der Waals surface area contributed by atoms with Gasteiger partial charge in [0.15, 0.2) is 0 Å². The van der Waals surface area contributed by atoms with Gasteiger partial charge in [0.1, 0.15) is 5.82 Å². The van der Waals surface area contributed by atoms with Crippen LogP contribution in [0, 0.1) is 0 Å². The predicted octanol–water partition coefficient (Wildman–Crippen LogP) is 2.92. The highest BCUT2D eigenvalue weighted by Gasteiger charge is 2.39. The number of hydrogen-bond acceptors (Lipinski definition) is 6. The van der Waals surface area contributed by atoms with Crippen molar-refractivity contribution in [3.05, 3.63) is 59.3 Å². The molecule has 1 aliphatic heterocycles. The molecule has 0 bridgehead atoms. The summed E-state index contributed by atoms with van der Waals surface area (Å²) in [6.07, 6.45) is 0.908. The summed E-state index contributed by atoms with van der Waals surface area (Å²) in [4.78, 5) is 33.3. The number of anilines is 1. The maximum atomic E-state index is 12.9. The zero-order valence-corrected chi connectivity index (χ0v) is 21.6. The molecule has 1 aromatic heterocycles. The molecule has 4 rings (SSSR count). The smallest absolute Gasteiger partial charge is 0.385 e. The lowest BCUT2D eigenvalue weighted by Crippen LogP contribution is -2.45. The molecule has 1 saturated heterocycles. The zero-order valence-electron chi connectivity index (χ0n) is 21.6. The van der Waals surface area contributed by atoms with Gasteiger partial charge >= 0.3 is 6.18 Å². The second kappa shape index (κ2) is 11.3. The van der Waals surface area contributed by atoms with Crippen LogP contribution in [0.3, 0.4) is 0 Å². The topological polar surface area (TPSA) is 97.8 Å². The van der Waals surface area contributed by atoms with Gasteiger partial charge in [-0.2, -0.15) is 13.2 Å². The van der Waals surface area contributed by atoms with Crippen LogP contribution in [0.1, 0.15) is 53.6 Å². The summed E-state index contributed by atoms with van der Waals surface area (Å²) in [5.74, 6) is -0.282. The first-order chi connectivity index (χ1) is 17.9. The Bertz CT molecular complexity index is 1130. The molecule has 0 radical (unpaired) electrons. The van der Waals surface area contributed by atoms with E-state index in [2.05, 4.69) is 20.5 Å². The van der Waals surface area contributed by atoms with Crippen molar-refractivity contribution in [2.24, 2.45) is 0 Å². The van der Waals surface area contributed by atoms with E-state index in [0.717, 1.165) is 55.4 Å². The monoisotopic (exact) mass is 533 g/mol. The average Bonchev–Trinajstić information content (AvgIpc) is 3.35. The second-order valence-corrected chi connectivity index (χ2v) is 10.4. The van der Waals surface area contributed by atoms with Crippen LogP contribution in [0.25, 0.3) is 0 Å². The number of pyridine rings is 1. The molecular weight excluding hydrogens is 499 g/mol. The maximum absolute atomic E-state index is 12.9. The first kappa shape index (κ1) is 27.8. The Hall–Kier alpha value is -3.18. The third-order valence-corrected chi connectivity index (χ3v) is 7.49. The number of carbonyl (C=O) groups excluding carboxylic acids is 2. The lowest BCUT2D eigenvalue weighted by Gasteiger charge is -2.39. The summed E-state index contributed by atoms with van der Waals surface area (Å²) >= 11 is 0. The zero-order chi connectivity index (χ0) is 27.5. The van der Waals surface area contributed by atoms with Crippen LogP contribution >= 0.6 is 0 Å². The number of likely N-dealkylation sites (tertiary alicyclic amines) is 1. The summed E-state index contributed by atoms with van der Waals surface area (Å²) in [7, 11) is 3.84. The van der Waals surface area contributed by atoms with Gasteiger partial charge in [-0.15, -0.1) is 0 Å². The predicted molar refractivity (Wildman–Crippen MR) is 137 cm³/mol. The molecular formula is C27H34F3N5O3. The standard InChI is InChI=1S/C27H34F3N5O3/c1-34(2)23-7-6-20(15-31-23)26(38)11-8-22(9-12-26)35-13-10-21(17-35)33-24(36)16-32-25(37)18-4-3-5-19(14-18)27(28,29)30/h3-7,14-15,21-22,38H,8-13,16-17H2,1-2H3,(H,32,37)(H,33,36)/t21-,22?,26?/m1/s1. The van der Waals surface area contributed by atoms with Crippen LogP contribution < -0.4 is 15.5 Å². The second-order valence-electron chi connectivity index (χ2n) is 10.4. The van der Waals surface area contributed by atoms with E-state index in [1.807, 2.05) is 31.1 Å². The Morgan fingerprint density at radius 1 is 1.16 bits per heavy atom. The Morgan fingerprint density at radius 2 is 1.89 bits per heavy atom. The molecule has 3 N–H and O–H groups in total. The quantitative estimate of drug-likeness (QED) is 0.507. The number of halogens is 3. The fourth-order valence-electron chi connectivity index (χ4n) is 5.27. The minimum Gasteiger partial charge on any atom is -0.385 e. The van der Waals surface area contributed by atoms with Gasteiger partial charge in [0.05, 0.1) is 17.7 Å². The van der Waals surface area contributed by atoms with Crippen LogP contribution in [-0.4, -0.2) is 72.6 Å². The van der Waals surface area contributed by atoms with Crippen molar-refractivity contribution in [1.29, 1.82) is 0 Å². The fourth-order valence-corrected chi connectivity index (χ4v) is 5.27. The molecule has 2 amide bonds. The first-order valence-electron chi connectivity index (χ1n) is 12.8. The van der Waals surface area contributed by atoms with Gasteiger partial charge in [-0.05, 0) is 56.4 Å². The molecule has 1 saturated carbocycles. The van der Waals surface area contributed by atoms with E-state index in [4.69, 9.17) is 0 Å². The van der Waals surface area contributed by atoms with Crippen molar-refractivity contribution in [2.75, 3.05) is 38.6 Å². The van der Waals surface area contributed by atoms with Gasteiger partial charge in [0, 0.05) is 56.6 Å². The summed E-state index contributed by atoms with van der Waals surface area (Å²) in [5, 5.41) is 16.5. The first-order valence-corrected chi connectivity index (χ1v) is 12.8. The maximum Gasteiger partial charge on any atom is 0.416 e. The summed E-state index contributed by atoms with van der Waals surface area (Å²) in [6.45, 7) is 1.18. The summed E-state index contributed by atoms with van der Waals surface area (Å²) in [6, 6.07) is 8.19. The molecule has 38 heavy (non-hydrogen) atoms. The number of rotatable bonds is 7. The molecule has 0 spiro atoms. The van der Waals surface area contributed by atoms with E-state index in [0.29, 0.717) is 25.4 Å². The molecule has 2 aliphatic rings. The molecule has 1 atom stereocenters. The normalized spacial score (nSPS) is 24.2. The highest BCUT2D eigenvalue weighted by Crippen LogP contribution is 2.39. The Balaban J connectivity index is 1.21. The van der Waals surface area contributed by atoms with Gasteiger partial charge in [-0.25, -0.2) is 4.98 Å². The van der Waals surface area contributed by atoms with Gasteiger partial charge in [-0.3, -0.25) is 14.5 Å². The van der Waals surface area contributed by atoms with Crippen LogP contribution in [0.15, 0.2) is 42.6 Å². The Kier molecular flexibility index (Phi) is 8.27. The third-order valence-electron chi connectivity index (χ3n) is 7.49. The number of nitrogens with zero attached hydrogens (tertiary/aromatic N) is 3. The molecule has 1 aliphatic carbocycles. The van der Waals surface area contributed by atoms with Crippen LogP contribution in [0.2, 0.25) is 0 Å². The number of alkyl halides is 3. The van der Waals surface area contributed by atoms with Crippen molar-refractivity contribution < 1.29 is 27.9 Å². The average molecular weight is 534 g/mol. The van der Waals surface area contributed by atoms with Crippen molar-refractivity contribution in [3.8, 4) is 0 Å². The highest BCUT2D eigenvalue weighted by atomic mass is 19.4. The van der Waals surface area contributed by atoms with Gasteiger partial charge in [-0.1, -0.05) is 12.1 Å². The summed E-state index contributed by atoms with van der Waals surface area (Å²) in [5.41, 5.74) is -1.12. The number of carbonyl (C=O) groups is 2. The molecule has 1 aromatic carbocycles. The molecule has 2 heterocycles. The van der Waals surface area contributed by atoms with E-state index in [-0.39, 0.29) is 24.1 Å². The van der Waals surface area contributed by atoms with E-state index in [1.165, 1.54) is 6.07 Å². The molecule has 0 unspecified atom stereocenters. The van der Waals surface area contributed by atoms with Gasteiger partial charge < -0.3 is 20.6 Å². The number of nitrogens with one attached hydrogen (secondary N) is 2. The van der Waals surface area contributed by atoms with Gasteiger partial charge in [0.2, 0.25) is 5.91 Å². The molecule has 2 fully saturated rings. The lowest BCUT2D eigenvalue weighted by molar-refractivity contribution is -0.137. The Morgan fingerprint density at radius 3 is 2.53 bits per heavy atom. The SMILES string of the molecule is CN(C)c1ccc(C2(O)CCC(N3CC[C@@H](NC(=O)CNC(=O)c4cccc(C(F)(F)F)c4)C3)CC2)cn1. The van der Waals surface area contributed by atoms with E-state index in [9.17, 15) is 27.9 Å². The van der Waals surface area contributed by atoms with E-state index < -0.39 is 23.2 Å². The minimum absolute atomic E-state index is 0.0726. The van der Waals surface area contributed by atoms with Crippen LogP contribution in [-0.2, 0) is 16.6 Å².